The number of piperazine rings is 1. The highest BCUT2D eigenvalue weighted by Gasteiger charge is 2.23. The quantitative estimate of drug-likeness (QED) is 0.911. The van der Waals surface area contributed by atoms with E-state index in [9.17, 15) is 0 Å². The van der Waals surface area contributed by atoms with Crippen LogP contribution in [0.25, 0.3) is 0 Å². The average molecular weight is 338 g/mol. The zero-order valence-corrected chi connectivity index (χ0v) is 14.0. The number of hydrogen-bond donors (Lipinski definition) is 1. The summed E-state index contributed by atoms with van der Waals surface area (Å²) in [6.45, 7) is 6.64. The molecule has 1 aromatic carbocycles. The summed E-state index contributed by atoms with van der Waals surface area (Å²) in [6, 6.07) is 8.19. The first-order valence-corrected chi connectivity index (χ1v) is 8.40. The minimum absolute atomic E-state index is 0.617. The van der Waals surface area contributed by atoms with E-state index in [1.54, 1.807) is 0 Å². The fourth-order valence-electron chi connectivity index (χ4n) is 2.73. The lowest BCUT2D eigenvalue weighted by Crippen LogP contribution is -2.50. The van der Waals surface area contributed by atoms with E-state index in [2.05, 4.69) is 63.2 Å². The van der Waals surface area contributed by atoms with Crippen LogP contribution in [0.5, 0.6) is 0 Å². The molecule has 20 heavy (non-hydrogen) atoms. The molecule has 1 aliphatic heterocycles. The standard InChI is InChI=1S/C16H24BrN3/c1-12-11-20(8-7-19(12)2)16-6-3-13(9-15(16)17)10-18-14-4-5-14/h3,6,9,12,14,18H,4-5,7-8,10-11H2,1-2H3. The van der Waals surface area contributed by atoms with Crippen LogP contribution in [0.3, 0.4) is 0 Å². The number of benzene rings is 1. The second-order valence-electron chi connectivity index (χ2n) is 6.22. The Hall–Kier alpha value is -0.580. The van der Waals surface area contributed by atoms with Crippen LogP contribution in [0.1, 0.15) is 25.3 Å². The van der Waals surface area contributed by atoms with Crippen molar-refractivity contribution in [2.75, 3.05) is 31.6 Å². The smallest absolute Gasteiger partial charge is 0.0511 e. The lowest BCUT2D eigenvalue weighted by Gasteiger charge is -2.39. The zero-order valence-electron chi connectivity index (χ0n) is 12.4. The third-order valence-corrected chi connectivity index (χ3v) is 5.12. The van der Waals surface area contributed by atoms with Crippen LogP contribution >= 0.6 is 15.9 Å². The molecular formula is C16H24BrN3. The first kappa shape index (κ1) is 14.4. The van der Waals surface area contributed by atoms with Crippen LogP contribution in [0, 0.1) is 0 Å². The van der Waals surface area contributed by atoms with E-state index in [1.165, 1.54) is 28.6 Å². The third-order valence-electron chi connectivity index (χ3n) is 4.48. The maximum atomic E-state index is 3.76. The molecule has 0 bridgehead atoms. The molecule has 3 rings (SSSR count). The maximum absolute atomic E-state index is 3.76. The Labute approximate surface area is 130 Å². The van der Waals surface area contributed by atoms with Gasteiger partial charge in [0.15, 0.2) is 0 Å². The fourth-order valence-corrected chi connectivity index (χ4v) is 3.41. The number of anilines is 1. The number of nitrogens with zero attached hydrogens (tertiary/aromatic N) is 2. The van der Waals surface area contributed by atoms with Gasteiger partial charge in [0.25, 0.3) is 0 Å². The summed E-state index contributed by atoms with van der Waals surface area (Å²) < 4.78 is 1.23. The van der Waals surface area contributed by atoms with Crippen LogP contribution in [-0.4, -0.2) is 43.7 Å². The van der Waals surface area contributed by atoms with E-state index in [0.29, 0.717) is 6.04 Å². The summed E-state index contributed by atoms with van der Waals surface area (Å²) in [6.07, 6.45) is 2.69. The topological polar surface area (TPSA) is 18.5 Å². The van der Waals surface area contributed by atoms with Crippen molar-refractivity contribution in [2.24, 2.45) is 0 Å². The van der Waals surface area contributed by atoms with Gasteiger partial charge in [-0.05, 0) is 60.4 Å². The summed E-state index contributed by atoms with van der Waals surface area (Å²) in [5.41, 5.74) is 2.70. The van der Waals surface area contributed by atoms with E-state index in [4.69, 9.17) is 0 Å². The normalized spacial score (nSPS) is 24.1. The van der Waals surface area contributed by atoms with Crippen LogP contribution in [0.4, 0.5) is 5.69 Å². The lowest BCUT2D eigenvalue weighted by atomic mass is 10.1. The van der Waals surface area contributed by atoms with E-state index in [0.717, 1.165) is 32.2 Å². The van der Waals surface area contributed by atoms with E-state index >= 15 is 0 Å². The number of halogens is 1. The van der Waals surface area contributed by atoms with Gasteiger partial charge in [0.05, 0.1) is 5.69 Å². The molecule has 110 valence electrons. The largest absolute Gasteiger partial charge is 0.368 e. The molecule has 1 saturated carbocycles. The molecule has 2 aliphatic rings. The monoisotopic (exact) mass is 337 g/mol. The van der Waals surface area contributed by atoms with Gasteiger partial charge in [0.2, 0.25) is 0 Å². The van der Waals surface area contributed by atoms with Gasteiger partial charge < -0.3 is 15.1 Å². The molecule has 1 unspecified atom stereocenters. The molecule has 1 aliphatic carbocycles. The van der Waals surface area contributed by atoms with Gasteiger partial charge in [0, 0.05) is 42.7 Å². The third kappa shape index (κ3) is 3.35. The van der Waals surface area contributed by atoms with Crippen molar-refractivity contribution in [2.45, 2.75) is 38.4 Å². The van der Waals surface area contributed by atoms with E-state index in [1.807, 2.05) is 0 Å². The number of nitrogens with one attached hydrogen (secondary N) is 1. The molecule has 0 spiro atoms. The second kappa shape index (κ2) is 6.04. The molecule has 1 saturated heterocycles. The summed E-state index contributed by atoms with van der Waals surface area (Å²) in [5.74, 6) is 0. The highest BCUT2D eigenvalue weighted by molar-refractivity contribution is 9.10. The van der Waals surface area contributed by atoms with Crippen LogP contribution < -0.4 is 10.2 Å². The molecule has 1 aromatic rings. The number of hydrogen-bond acceptors (Lipinski definition) is 3. The predicted octanol–water partition coefficient (Wildman–Crippen LogP) is 2.84. The molecule has 1 N–H and O–H groups in total. The van der Waals surface area contributed by atoms with Crippen molar-refractivity contribution >= 4 is 21.6 Å². The molecule has 0 radical (unpaired) electrons. The van der Waals surface area contributed by atoms with Gasteiger partial charge in [0.1, 0.15) is 0 Å². The summed E-state index contributed by atoms with van der Waals surface area (Å²) >= 11 is 3.76. The molecule has 0 aromatic heterocycles. The lowest BCUT2D eigenvalue weighted by molar-refractivity contribution is 0.234. The van der Waals surface area contributed by atoms with Crippen LogP contribution in [-0.2, 0) is 6.54 Å². The van der Waals surface area contributed by atoms with Crippen molar-refractivity contribution in [3.63, 3.8) is 0 Å². The highest BCUT2D eigenvalue weighted by atomic mass is 79.9. The number of rotatable bonds is 4. The summed E-state index contributed by atoms with van der Waals surface area (Å²) in [4.78, 5) is 4.92. The zero-order chi connectivity index (χ0) is 14.1. The average Bonchev–Trinajstić information content (AvgIpc) is 3.24. The van der Waals surface area contributed by atoms with Crippen molar-refractivity contribution in [3.05, 3.63) is 28.2 Å². The predicted molar refractivity (Wildman–Crippen MR) is 88.3 cm³/mol. The van der Waals surface area contributed by atoms with Crippen LogP contribution in [0.2, 0.25) is 0 Å². The van der Waals surface area contributed by atoms with Crippen LogP contribution in [0.15, 0.2) is 22.7 Å². The Bertz CT molecular complexity index is 473. The molecule has 3 nitrogen and oxygen atoms in total. The minimum Gasteiger partial charge on any atom is -0.368 e. The molecule has 1 atom stereocenters. The van der Waals surface area contributed by atoms with Crippen molar-refractivity contribution < 1.29 is 0 Å². The molecule has 4 heteroatoms. The molecule has 0 amide bonds. The Kier molecular flexibility index (Phi) is 4.34. The minimum atomic E-state index is 0.617. The van der Waals surface area contributed by atoms with Gasteiger partial charge in [-0.3, -0.25) is 0 Å². The van der Waals surface area contributed by atoms with Crippen molar-refractivity contribution in [3.8, 4) is 0 Å². The van der Waals surface area contributed by atoms with E-state index in [-0.39, 0.29) is 0 Å². The van der Waals surface area contributed by atoms with Gasteiger partial charge in [-0.25, -0.2) is 0 Å². The number of likely N-dealkylation sites (N-methyl/N-ethyl adjacent to an activating group) is 1. The molecule has 1 heterocycles. The van der Waals surface area contributed by atoms with Crippen molar-refractivity contribution in [1.29, 1.82) is 0 Å². The SMILES string of the molecule is CC1CN(c2ccc(CNC3CC3)cc2Br)CCN1C. The summed E-state index contributed by atoms with van der Waals surface area (Å²) in [5, 5.41) is 3.57. The molecular weight excluding hydrogens is 314 g/mol. The first-order valence-electron chi connectivity index (χ1n) is 7.60. The Morgan fingerprint density at radius 1 is 1.30 bits per heavy atom. The second-order valence-corrected chi connectivity index (χ2v) is 7.07. The van der Waals surface area contributed by atoms with Crippen molar-refractivity contribution in [1.82, 2.24) is 10.2 Å². The Balaban J connectivity index is 1.66. The molecule has 2 fully saturated rings. The maximum Gasteiger partial charge on any atom is 0.0511 e. The van der Waals surface area contributed by atoms with E-state index < -0.39 is 0 Å². The van der Waals surface area contributed by atoms with Gasteiger partial charge in [-0.2, -0.15) is 0 Å². The fraction of sp³-hybridized carbons (Fsp3) is 0.625. The summed E-state index contributed by atoms with van der Waals surface area (Å²) in [7, 11) is 2.21. The Morgan fingerprint density at radius 2 is 2.10 bits per heavy atom. The highest BCUT2D eigenvalue weighted by Crippen LogP contribution is 2.29. The van der Waals surface area contributed by atoms with Gasteiger partial charge in [-0.15, -0.1) is 0 Å². The van der Waals surface area contributed by atoms with Gasteiger partial charge in [-0.1, -0.05) is 6.07 Å². The van der Waals surface area contributed by atoms with Gasteiger partial charge >= 0.3 is 0 Å². The first-order chi connectivity index (χ1) is 9.63. The Morgan fingerprint density at radius 3 is 2.75 bits per heavy atom.